The summed E-state index contributed by atoms with van der Waals surface area (Å²) < 4.78 is 10.5. The number of carbonyl (C=O) groups is 1. The normalized spacial score (nSPS) is 10.6. The number of nitrogens with zero attached hydrogens (tertiary/aromatic N) is 2. The van der Waals surface area contributed by atoms with Crippen LogP contribution in [0.3, 0.4) is 0 Å². The third-order valence-corrected chi connectivity index (χ3v) is 4.94. The zero-order valence-electron chi connectivity index (χ0n) is 15.5. The van der Waals surface area contributed by atoms with E-state index in [0.717, 1.165) is 28.2 Å². The third kappa shape index (κ3) is 4.49. The second kappa shape index (κ2) is 8.73. The number of benzene rings is 2. The van der Waals surface area contributed by atoms with Crippen LogP contribution in [-0.2, 0) is 11.2 Å². The largest absolute Gasteiger partial charge is 0.497 e. The maximum atomic E-state index is 12.5. The van der Waals surface area contributed by atoms with Crippen molar-refractivity contribution in [1.82, 2.24) is 9.97 Å². The van der Waals surface area contributed by atoms with Crippen LogP contribution in [-0.4, -0.2) is 35.8 Å². The van der Waals surface area contributed by atoms with Crippen LogP contribution in [0.4, 0.5) is 5.69 Å². The molecule has 3 aromatic rings. The van der Waals surface area contributed by atoms with Crippen LogP contribution >= 0.6 is 11.8 Å². The predicted molar refractivity (Wildman–Crippen MR) is 108 cm³/mol. The highest BCUT2D eigenvalue weighted by Crippen LogP contribution is 2.30. The van der Waals surface area contributed by atoms with Crippen molar-refractivity contribution in [3.05, 3.63) is 48.3 Å². The number of thioether (sulfide) groups is 1. The lowest BCUT2D eigenvalue weighted by atomic mass is 10.2. The van der Waals surface area contributed by atoms with E-state index < -0.39 is 0 Å². The second-order valence-electron chi connectivity index (χ2n) is 5.72. The van der Waals surface area contributed by atoms with Gasteiger partial charge in [0.1, 0.15) is 22.3 Å². The SMILES string of the molecule is CCc1nc(SCC(=O)Nc2cc(OC)ccc2OC)c2ccccc2n1. The number of aromatic nitrogens is 2. The number of fused-ring (bicyclic) bond motifs is 1. The molecule has 0 aliphatic heterocycles. The van der Waals surface area contributed by atoms with Crippen molar-refractivity contribution >= 4 is 34.3 Å². The van der Waals surface area contributed by atoms with E-state index in [4.69, 9.17) is 9.47 Å². The number of nitrogens with one attached hydrogen (secondary N) is 1. The van der Waals surface area contributed by atoms with Gasteiger partial charge in [-0.25, -0.2) is 9.97 Å². The van der Waals surface area contributed by atoms with Crippen LogP contribution in [0.15, 0.2) is 47.5 Å². The number of anilines is 1. The van der Waals surface area contributed by atoms with Gasteiger partial charge in [0.2, 0.25) is 5.91 Å². The number of carbonyl (C=O) groups excluding carboxylic acids is 1. The van der Waals surface area contributed by atoms with Crippen LogP contribution in [0.25, 0.3) is 10.9 Å². The highest BCUT2D eigenvalue weighted by molar-refractivity contribution is 8.00. The number of aryl methyl sites for hydroxylation is 1. The summed E-state index contributed by atoms with van der Waals surface area (Å²) in [4.78, 5) is 21.6. The van der Waals surface area contributed by atoms with Crippen LogP contribution in [0.1, 0.15) is 12.7 Å². The molecule has 0 aliphatic carbocycles. The average Bonchev–Trinajstić information content (AvgIpc) is 2.71. The van der Waals surface area contributed by atoms with Gasteiger partial charge in [-0.1, -0.05) is 36.9 Å². The molecule has 0 aliphatic rings. The fourth-order valence-corrected chi connectivity index (χ4v) is 3.43. The number of para-hydroxylation sites is 1. The van der Waals surface area contributed by atoms with E-state index in [2.05, 4.69) is 15.3 Å². The minimum atomic E-state index is -0.146. The Labute approximate surface area is 162 Å². The number of ether oxygens (including phenoxy) is 2. The lowest BCUT2D eigenvalue weighted by Gasteiger charge is -2.12. The third-order valence-electron chi connectivity index (χ3n) is 3.95. The van der Waals surface area contributed by atoms with Gasteiger partial charge in [0.25, 0.3) is 0 Å². The Hall–Kier alpha value is -2.80. The van der Waals surface area contributed by atoms with Gasteiger partial charge in [0.15, 0.2) is 0 Å². The monoisotopic (exact) mass is 383 g/mol. The molecule has 2 aromatic carbocycles. The average molecular weight is 383 g/mol. The Bertz CT molecular complexity index is 962. The quantitative estimate of drug-likeness (QED) is 0.492. The van der Waals surface area contributed by atoms with E-state index in [1.807, 2.05) is 31.2 Å². The van der Waals surface area contributed by atoms with Crippen LogP contribution in [0.2, 0.25) is 0 Å². The second-order valence-corrected chi connectivity index (χ2v) is 6.68. The summed E-state index contributed by atoms with van der Waals surface area (Å²) >= 11 is 1.39. The molecule has 7 heteroatoms. The summed E-state index contributed by atoms with van der Waals surface area (Å²) in [5.41, 5.74) is 1.46. The fraction of sp³-hybridized carbons (Fsp3) is 0.250. The number of methoxy groups -OCH3 is 2. The van der Waals surface area contributed by atoms with Crippen molar-refractivity contribution < 1.29 is 14.3 Å². The van der Waals surface area contributed by atoms with Crippen molar-refractivity contribution in [3.8, 4) is 11.5 Å². The molecular formula is C20H21N3O3S. The summed E-state index contributed by atoms with van der Waals surface area (Å²) in [6.07, 6.45) is 0.742. The Morgan fingerprint density at radius 1 is 1.11 bits per heavy atom. The van der Waals surface area contributed by atoms with Gasteiger partial charge in [-0.05, 0) is 18.2 Å². The van der Waals surface area contributed by atoms with Crippen LogP contribution in [0, 0.1) is 0 Å². The molecule has 0 spiro atoms. The van der Waals surface area contributed by atoms with E-state index in [1.54, 1.807) is 32.4 Å². The smallest absolute Gasteiger partial charge is 0.234 e. The maximum Gasteiger partial charge on any atom is 0.234 e. The maximum absolute atomic E-state index is 12.5. The number of hydrogen-bond donors (Lipinski definition) is 1. The lowest BCUT2D eigenvalue weighted by molar-refractivity contribution is -0.113. The zero-order valence-corrected chi connectivity index (χ0v) is 16.3. The van der Waals surface area contributed by atoms with Gasteiger partial charge in [-0.3, -0.25) is 4.79 Å². The molecule has 140 valence electrons. The molecule has 0 fully saturated rings. The first-order chi connectivity index (χ1) is 13.1. The molecule has 3 rings (SSSR count). The van der Waals surface area contributed by atoms with Gasteiger partial charge in [-0.2, -0.15) is 0 Å². The standard InChI is InChI=1S/C20H21N3O3S/c1-4-18-21-15-8-6-5-7-14(15)20(23-18)27-12-19(24)22-16-11-13(25-2)9-10-17(16)26-3/h5-11H,4,12H2,1-3H3,(H,22,24). The number of rotatable bonds is 7. The first-order valence-electron chi connectivity index (χ1n) is 8.55. The van der Waals surface area contributed by atoms with Crippen molar-refractivity contribution in [2.45, 2.75) is 18.4 Å². The molecule has 1 heterocycles. The summed E-state index contributed by atoms with van der Waals surface area (Å²) in [6.45, 7) is 2.01. The van der Waals surface area contributed by atoms with Gasteiger partial charge in [0.05, 0.1) is 31.2 Å². The van der Waals surface area contributed by atoms with E-state index in [-0.39, 0.29) is 11.7 Å². The topological polar surface area (TPSA) is 73.3 Å². The van der Waals surface area contributed by atoms with Gasteiger partial charge in [0, 0.05) is 17.9 Å². The van der Waals surface area contributed by atoms with Crippen LogP contribution < -0.4 is 14.8 Å². The zero-order chi connectivity index (χ0) is 19.2. The van der Waals surface area contributed by atoms with Gasteiger partial charge >= 0.3 is 0 Å². The van der Waals surface area contributed by atoms with Crippen LogP contribution in [0.5, 0.6) is 11.5 Å². The minimum absolute atomic E-state index is 0.146. The van der Waals surface area contributed by atoms with E-state index >= 15 is 0 Å². The van der Waals surface area contributed by atoms with Gasteiger partial charge in [-0.15, -0.1) is 0 Å². The molecular weight excluding hydrogens is 362 g/mol. The molecule has 1 N–H and O–H groups in total. The van der Waals surface area contributed by atoms with Crippen molar-refractivity contribution in [3.63, 3.8) is 0 Å². The van der Waals surface area contributed by atoms with E-state index in [1.165, 1.54) is 11.8 Å². The summed E-state index contributed by atoms with van der Waals surface area (Å²) in [5.74, 6) is 2.08. The Morgan fingerprint density at radius 3 is 2.67 bits per heavy atom. The molecule has 1 aromatic heterocycles. The molecule has 0 saturated heterocycles. The highest BCUT2D eigenvalue weighted by Gasteiger charge is 2.12. The van der Waals surface area contributed by atoms with E-state index in [0.29, 0.717) is 17.2 Å². The van der Waals surface area contributed by atoms with Crippen molar-refractivity contribution in [2.75, 3.05) is 25.3 Å². The molecule has 0 saturated carbocycles. The highest BCUT2D eigenvalue weighted by atomic mass is 32.2. The molecule has 6 nitrogen and oxygen atoms in total. The van der Waals surface area contributed by atoms with Crippen molar-refractivity contribution in [2.24, 2.45) is 0 Å². The summed E-state index contributed by atoms with van der Waals surface area (Å²) in [7, 11) is 3.14. The number of hydrogen-bond acceptors (Lipinski definition) is 6. The molecule has 0 bridgehead atoms. The lowest BCUT2D eigenvalue weighted by Crippen LogP contribution is -2.15. The Kier molecular flexibility index (Phi) is 6.13. The molecule has 0 radical (unpaired) electrons. The Balaban J connectivity index is 1.76. The first-order valence-corrected chi connectivity index (χ1v) is 9.53. The first kappa shape index (κ1) is 19.0. The Morgan fingerprint density at radius 2 is 1.93 bits per heavy atom. The number of amides is 1. The van der Waals surface area contributed by atoms with Gasteiger partial charge < -0.3 is 14.8 Å². The molecule has 0 atom stereocenters. The van der Waals surface area contributed by atoms with E-state index in [9.17, 15) is 4.79 Å². The van der Waals surface area contributed by atoms with Crippen molar-refractivity contribution in [1.29, 1.82) is 0 Å². The predicted octanol–water partition coefficient (Wildman–Crippen LogP) is 3.94. The molecule has 0 unspecified atom stereocenters. The molecule has 27 heavy (non-hydrogen) atoms. The fourth-order valence-electron chi connectivity index (χ4n) is 2.59. The molecule has 1 amide bonds. The summed E-state index contributed by atoms with van der Waals surface area (Å²) in [5, 5.41) is 4.64. The summed E-state index contributed by atoms with van der Waals surface area (Å²) in [6, 6.07) is 13.1. The minimum Gasteiger partial charge on any atom is -0.497 e.